The Labute approximate surface area is 308 Å². The van der Waals surface area contributed by atoms with Gasteiger partial charge in [-0.05, 0) is 69.6 Å². The molecule has 4 aromatic rings. The minimum Gasteiger partial charge on any atom is -0.493 e. The summed E-state index contributed by atoms with van der Waals surface area (Å²) in [5, 5.41) is 12.3. The lowest BCUT2D eigenvalue weighted by Gasteiger charge is -2.43. The number of benzene rings is 4. The molecule has 4 aromatic carbocycles. The number of carbonyl (C=O) groups is 1. The molecule has 0 spiro atoms. The fourth-order valence-electron chi connectivity index (χ4n) is 6.69. The number of amides is 1. The highest BCUT2D eigenvalue weighted by Crippen LogP contribution is 2.43. The molecule has 4 atom stereocenters. The van der Waals surface area contributed by atoms with E-state index < -0.39 is 16.0 Å². The van der Waals surface area contributed by atoms with Gasteiger partial charge in [-0.1, -0.05) is 102 Å². The fraction of sp³-hybridized carbons (Fsp3) is 0.359. The van der Waals surface area contributed by atoms with E-state index in [4.69, 9.17) is 53.8 Å². The van der Waals surface area contributed by atoms with Gasteiger partial charge >= 0.3 is 0 Å². The smallest absolute Gasteiger partial charge is 0.272 e. The van der Waals surface area contributed by atoms with Crippen molar-refractivity contribution in [2.45, 2.75) is 55.3 Å². The van der Waals surface area contributed by atoms with Crippen LogP contribution < -0.4 is 14.8 Å². The first-order valence-corrected chi connectivity index (χ1v) is 17.7. The Morgan fingerprint density at radius 3 is 2.24 bits per heavy atom. The molecule has 50 heavy (non-hydrogen) atoms. The number of hydrogen-bond donors (Lipinski definition) is 2. The number of fused-ring (bicyclic) bond motifs is 1. The molecule has 0 radical (unpaired) electrons. The molecule has 8 nitrogen and oxygen atoms in total. The normalized spacial score (nSPS) is 20.9. The first kappa shape index (κ1) is 36.5. The summed E-state index contributed by atoms with van der Waals surface area (Å²) in [6.07, 6.45) is -0.0855. The number of nitrogens with one attached hydrogen (secondary N) is 1. The van der Waals surface area contributed by atoms with Gasteiger partial charge in [0.05, 0.1) is 33.0 Å². The zero-order valence-corrected chi connectivity index (χ0v) is 30.5. The van der Waals surface area contributed by atoms with Crippen LogP contribution in [0.1, 0.15) is 52.7 Å². The largest absolute Gasteiger partial charge is 0.493 e. The van der Waals surface area contributed by atoms with Crippen LogP contribution in [0.3, 0.4) is 0 Å². The number of alkyl halides is 3. The van der Waals surface area contributed by atoms with Gasteiger partial charge in [0.1, 0.15) is 0 Å². The topological polar surface area (TPSA) is 89.5 Å². The zero-order valence-electron chi connectivity index (χ0n) is 28.2. The van der Waals surface area contributed by atoms with E-state index in [0.717, 1.165) is 70.9 Å². The Hall–Kier alpha value is -3.34. The lowest BCUT2D eigenvalue weighted by atomic mass is 9.89. The second kappa shape index (κ2) is 15.9. The van der Waals surface area contributed by atoms with E-state index >= 15 is 0 Å². The van der Waals surface area contributed by atoms with E-state index in [0.29, 0.717) is 0 Å². The number of ether oxygens (including phenoxy) is 4. The summed E-state index contributed by atoms with van der Waals surface area (Å²) in [5.74, 6) is 0.841. The van der Waals surface area contributed by atoms with E-state index in [9.17, 15) is 9.90 Å². The van der Waals surface area contributed by atoms with E-state index in [1.54, 1.807) is 14.2 Å². The van der Waals surface area contributed by atoms with Crippen molar-refractivity contribution in [3.63, 3.8) is 0 Å². The standard InChI is InChI=1S/C39H41Cl3N2O6/c1-24-35(22-44-15-14-30-18-33(47-2)34(48-3)19-32(30)21-44)49-37(50-36(24)27-12-10-25(23-45)11-13-27)31-9-5-8-29(17-31)28-7-4-6-26(16-28)20-43-38(46)39(40,41)42/h4-13,16-19,24,35-37,45H,14-15,20-23H2,1-3H3,(H,43,46)/t24-,35+,36+,37+/m1/s1. The van der Waals surface area contributed by atoms with E-state index in [-0.39, 0.29) is 31.3 Å². The maximum atomic E-state index is 12.1. The summed E-state index contributed by atoms with van der Waals surface area (Å²) in [4.78, 5) is 14.5. The van der Waals surface area contributed by atoms with Crippen LogP contribution in [0.15, 0.2) is 84.9 Å². The maximum absolute atomic E-state index is 12.1. The van der Waals surface area contributed by atoms with Gasteiger partial charge in [0.2, 0.25) is 0 Å². The van der Waals surface area contributed by atoms with Gasteiger partial charge < -0.3 is 29.4 Å². The van der Waals surface area contributed by atoms with Gasteiger partial charge in [0.25, 0.3) is 9.70 Å². The monoisotopic (exact) mass is 738 g/mol. The van der Waals surface area contributed by atoms with E-state index in [2.05, 4.69) is 35.3 Å². The van der Waals surface area contributed by atoms with Crippen LogP contribution in [0.2, 0.25) is 0 Å². The average molecular weight is 740 g/mol. The van der Waals surface area contributed by atoms with Crippen molar-refractivity contribution in [3.8, 4) is 22.6 Å². The lowest BCUT2D eigenvalue weighted by Crippen LogP contribution is -2.45. The second-order valence-electron chi connectivity index (χ2n) is 12.8. The molecule has 0 aromatic heterocycles. The lowest BCUT2D eigenvalue weighted by molar-refractivity contribution is -0.276. The highest BCUT2D eigenvalue weighted by atomic mass is 35.6. The number of methoxy groups -OCH3 is 2. The molecular formula is C39H41Cl3N2O6. The Kier molecular flexibility index (Phi) is 11.6. The molecule has 6 rings (SSSR count). The van der Waals surface area contributed by atoms with Crippen molar-refractivity contribution < 1.29 is 28.8 Å². The Balaban J connectivity index is 1.25. The van der Waals surface area contributed by atoms with Crippen molar-refractivity contribution in [3.05, 3.63) is 118 Å². The Morgan fingerprint density at radius 1 is 0.880 bits per heavy atom. The number of hydrogen-bond acceptors (Lipinski definition) is 7. The predicted molar refractivity (Wildman–Crippen MR) is 196 cm³/mol. The summed E-state index contributed by atoms with van der Waals surface area (Å²) < 4.78 is 22.7. The van der Waals surface area contributed by atoms with Gasteiger partial charge in [-0.25, -0.2) is 0 Å². The summed E-state index contributed by atoms with van der Waals surface area (Å²) in [6.45, 7) is 4.77. The number of halogens is 3. The summed E-state index contributed by atoms with van der Waals surface area (Å²) in [7, 11) is 3.33. The van der Waals surface area contributed by atoms with Crippen molar-refractivity contribution in [1.82, 2.24) is 10.2 Å². The molecule has 2 aliphatic rings. The minimum absolute atomic E-state index is 0.0178. The molecule has 2 N–H and O–H groups in total. The van der Waals surface area contributed by atoms with E-state index in [1.807, 2.05) is 66.7 Å². The minimum atomic E-state index is -2.03. The van der Waals surface area contributed by atoms with Crippen LogP contribution in [0.4, 0.5) is 0 Å². The third kappa shape index (κ3) is 8.40. The highest BCUT2D eigenvalue weighted by molar-refractivity contribution is 6.76. The number of rotatable bonds is 10. The molecule has 2 aliphatic heterocycles. The third-order valence-electron chi connectivity index (χ3n) is 9.49. The summed E-state index contributed by atoms with van der Waals surface area (Å²) >= 11 is 17.2. The summed E-state index contributed by atoms with van der Waals surface area (Å²) in [6, 6.07) is 28.1. The molecule has 11 heteroatoms. The molecule has 0 unspecified atom stereocenters. The van der Waals surface area contributed by atoms with Crippen LogP contribution in [-0.2, 0) is 40.4 Å². The first-order chi connectivity index (χ1) is 24.1. The number of aliphatic hydroxyl groups excluding tert-OH is 1. The van der Waals surface area contributed by atoms with Crippen LogP contribution in [0.25, 0.3) is 11.1 Å². The van der Waals surface area contributed by atoms with Crippen LogP contribution >= 0.6 is 34.8 Å². The molecular weight excluding hydrogens is 699 g/mol. The van der Waals surface area contributed by atoms with Gasteiger partial charge in [-0.15, -0.1) is 0 Å². The van der Waals surface area contributed by atoms with E-state index in [1.165, 1.54) is 11.1 Å². The average Bonchev–Trinajstić information content (AvgIpc) is 3.13. The van der Waals surface area contributed by atoms with Gasteiger partial charge in [0.15, 0.2) is 17.8 Å². The van der Waals surface area contributed by atoms with Crippen molar-refractivity contribution in [1.29, 1.82) is 0 Å². The SMILES string of the molecule is COc1cc2c(cc1OC)CN(C[C@@H]1O[C@H](c3cccc(-c4cccc(CNC(=O)C(Cl)(Cl)Cl)c4)c3)O[C@H](c3ccc(CO)cc3)[C@@H]1C)CC2. The van der Waals surface area contributed by atoms with Crippen LogP contribution in [-0.4, -0.2) is 53.1 Å². The van der Waals surface area contributed by atoms with Crippen LogP contribution in [0, 0.1) is 5.92 Å². The Bertz CT molecular complexity index is 1800. The Morgan fingerprint density at radius 2 is 1.56 bits per heavy atom. The fourth-order valence-corrected chi connectivity index (χ4v) is 6.89. The predicted octanol–water partition coefficient (Wildman–Crippen LogP) is 7.70. The molecule has 1 amide bonds. The number of carbonyl (C=O) groups excluding carboxylic acids is 1. The molecule has 1 saturated heterocycles. The molecule has 0 bridgehead atoms. The second-order valence-corrected chi connectivity index (χ2v) is 15.1. The molecule has 0 saturated carbocycles. The quantitative estimate of drug-likeness (QED) is 0.161. The van der Waals surface area contributed by atoms with Crippen molar-refractivity contribution >= 4 is 40.7 Å². The first-order valence-electron chi connectivity index (χ1n) is 16.6. The number of nitrogens with zero attached hydrogens (tertiary/aromatic N) is 1. The van der Waals surface area contributed by atoms with Gasteiger partial charge in [-0.3, -0.25) is 9.69 Å². The maximum Gasteiger partial charge on any atom is 0.272 e. The molecule has 0 aliphatic carbocycles. The third-order valence-corrected chi connectivity index (χ3v) is 10.0. The number of aliphatic hydroxyl groups is 1. The van der Waals surface area contributed by atoms with Crippen molar-refractivity contribution in [2.75, 3.05) is 27.3 Å². The van der Waals surface area contributed by atoms with Gasteiger partial charge in [-0.2, -0.15) is 0 Å². The molecule has 2 heterocycles. The highest BCUT2D eigenvalue weighted by Gasteiger charge is 2.39. The molecule has 264 valence electrons. The van der Waals surface area contributed by atoms with Crippen LogP contribution in [0.5, 0.6) is 11.5 Å². The van der Waals surface area contributed by atoms with Gasteiger partial charge in [0, 0.05) is 37.7 Å². The summed E-state index contributed by atoms with van der Waals surface area (Å²) in [5.41, 5.74) is 8.07. The zero-order chi connectivity index (χ0) is 35.4. The van der Waals surface area contributed by atoms with Crippen molar-refractivity contribution in [2.24, 2.45) is 5.92 Å². The molecule has 1 fully saturated rings.